The number of allylic oxidation sites excluding steroid dienone is 2. The van der Waals surface area contributed by atoms with Crippen molar-refractivity contribution in [2.24, 2.45) is 28.6 Å². The van der Waals surface area contributed by atoms with Crippen LogP contribution in [0.3, 0.4) is 0 Å². The number of aliphatic hydroxyl groups excluding tert-OH is 2. The van der Waals surface area contributed by atoms with Crippen LogP contribution in [0.5, 0.6) is 0 Å². The van der Waals surface area contributed by atoms with Crippen LogP contribution < -0.4 is 0 Å². The van der Waals surface area contributed by atoms with E-state index in [0.717, 1.165) is 37.5 Å². The summed E-state index contributed by atoms with van der Waals surface area (Å²) in [7, 11) is 0. The highest BCUT2D eigenvalue weighted by Gasteiger charge is 2.56. The lowest BCUT2D eigenvalue weighted by Gasteiger charge is -2.58. The molecule has 0 aliphatic heterocycles. The second kappa shape index (κ2) is 5.20. The third kappa shape index (κ3) is 2.14. The van der Waals surface area contributed by atoms with Gasteiger partial charge in [0.2, 0.25) is 0 Å². The molecule has 4 rings (SSSR count). The molecule has 4 aliphatic rings. The molecule has 23 heavy (non-hydrogen) atoms. The highest BCUT2D eigenvalue weighted by molar-refractivity contribution is 5.31. The summed E-state index contributed by atoms with van der Waals surface area (Å²) >= 11 is 0. The third-order valence-corrected chi connectivity index (χ3v) is 8.17. The van der Waals surface area contributed by atoms with Gasteiger partial charge in [-0.1, -0.05) is 31.6 Å². The van der Waals surface area contributed by atoms with Crippen molar-refractivity contribution in [3.8, 4) is 0 Å². The molecule has 0 radical (unpaired) electrons. The molecule has 0 bridgehead atoms. The number of fused-ring (bicyclic) bond motifs is 5. The van der Waals surface area contributed by atoms with Crippen molar-refractivity contribution in [3.05, 3.63) is 23.3 Å². The van der Waals surface area contributed by atoms with Crippen LogP contribution in [0.15, 0.2) is 23.3 Å². The van der Waals surface area contributed by atoms with Gasteiger partial charge >= 0.3 is 0 Å². The molecule has 2 N–H and O–H groups in total. The van der Waals surface area contributed by atoms with Crippen molar-refractivity contribution in [2.45, 2.75) is 77.9 Å². The van der Waals surface area contributed by atoms with E-state index in [0.29, 0.717) is 11.3 Å². The Hall–Kier alpha value is -0.600. The predicted octanol–water partition coefficient (Wildman–Crippen LogP) is 4.23. The van der Waals surface area contributed by atoms with Crippen LogP contribution in [-0.2, 0) is 0 Å². The average Bonchev–Trinajstić information content (AvgIpc) is 2.85. The predicted molar refractivity (Wildman–Crippen MR) is 92.9 cm³/mol. The quantitative estimate of drug-likeness (QED) is 0.711. The van der Waals surface area contributed by atoms with Crippen LogP contribution >= 0.6 is 0 Å². The second-order valence-corrected chi connectivity index (χ2v) is 9.18. The lowest BCUT2D eigenvalue weighted by atomic mass is 9.47. The standard InChI is InChI=1S/C21H32O2/c1-13(22)17-6-7-18-16-5-4-14-12-15(23)8-10-20(14,2)19(16)9-11-21(17,18)3/h4,6,13,15-16,18-19,22-23H,5,7-12H2,1-3H3/t13?,15-,16-,18-,19-,20-,21+/m0/s1. The lowest BCUT2D eigenvalue weighted by molar-refractivity contribution is -0.0339. The van der Waals surface area contributed by atoms with E-state index < -0.39 is 0 Å². The topological polar surface area (TPSA) is 40.5 Å². The third-order valence-electron chi connectivity index (χ3n) is 8.17. The highest BCUT2D eigenvalue weighted by atomic mass is 16.3. The molecule has 0 amide bonds. The fourth-order valence-electron chi connectivity index (χ4n) is 6.89. The fraction of sp³-hybridized carbons (Fsp3) is 0.810. The van der Waals surface area contributed by atoms with Gasteiger partial charge in [-0.25, -0.2) is 0 Å². The molecule has 2 fully saturated rings. The van der Waals surface area contributed by atoms with E-state index >= 15 is 0 Å². The van der Waals surface area contributed by atoms with Crippen LogP contribution in [0.2, 0.25) is 0 Å². The summed E-state index contributed by atoms with van der Waals surface area (Å²) in [4.78, 5) is 0. The van der Waals surface area contributed by atoms with Gasteiger partial charge in [-0.05, 0) is 86.0 Å². The Morgan fingerprint density at radius 3 is 2.52 bits per heavy atom. The van der Waals surface area contributed by atoms with Crippen molar-refractivity contribution >= 4 is 0 Å². The maximum Gasteiger partial charge on any atom is 0.0727 e. The van der Waals surface area contributed by atoms with Crippen LogP contribution in [0, 0.1) is 28.6 Å². The Morgan fingerprint density at radius 1 is 1.04 bits per heavy atom. The zero-order chi connectivity index (χ0) is 16.4. The van der Waals surface area contributed by atoms with Crippen LogP contribution in [0.4, 0.5) is 0 Å². The molecule has 0 spiro atoms. The van der Waals surface area contributed by atoms with Crippen LogP contribution in [0.1, 0.15) is 65.7 Å². The number of hydrogen-bond acceptors (Lipinski definition) is 2. The van der Waals surface area contributed by atoms with Crippen molar-refractivity contribution in [1.82, 2.24) is 0 Å². The minimum absolute atomic E-state index is 0.116. The van der Waals surface area contributed by atoms with E-state index in [9.17, 15) is 10.2 Å². The zero-order valence-electron chi connectivity index (χ0n) is 14.9. The van der Waals surface area contributed by atoms with Gasteiger partial charge in [0.15, 0.2) is 0 Å². The first-order valence-electron chi connectivity index (χ1n) is 9.62. The molecule has 1 unspecified atom stereocenters. The maximum absolute atomic E-state index is 10.2. The van der Waals surface area contributed by atoms with Gasteiger partial charge in [0.05, 0.1) is 12.2 Å². The molecule has 2 heteroatoms. The van der Waals surface area contributed by atoms with E-state index in [4.69, 9.17) is 0 Å². The maximum atomic E-state index is 10.2. The molecule has 0 heterocycles. The Kier molecular flexibility index (Phi) is 3.59. The van der Waals surface area contributed by atoms with Gasteiger partial charge in [-0.2, -0.15) is 0 Å². The summed E-state index contributed by atoms with van der Waals surface area (Å²) in [6.45, 7) is 6.82. The van der Waals surface area contributed by atoms with Gasteiger partial charge in [0.1, 0.15) is 0 Å². The van der Waals surface area contributed by atoms with Crippen molar-refractivity contribution < 1.29 is 10.2 Å². The Morgan fingerprint density at radius 2 is 1.78 bits per heavy atom. The molecular weight excluding hydrogens is 284 g/mol. The van der Waals surface area contributed by atoms with Crippen molar-refractivity contribution in [2.75, 3.05) is 0 Å². The molecule has 0 saturated heterocycles. The molecule has 7 atom stereocenters. The van der Waals surface area contributed by atoms with Crippen LogP contribution in [0.25, 0.3) is 0 Å². The SMILES string of the molecule is CC(O)C1=CC[C@H]2[C@@H]3CC=C4C[C@@H](O)CC[C@]4(C)[C@H]3CC[C@]12C. The molecular formula is C21H32O2. The minimum Gasteiger partial charge on any atom is -0.393 e. The first kappa shape index (κ1) is 15.9. The summed E-state index contributed by atoms with van der Waals surface area (Å²) < 4.78 is 0. The summed E-state index contributed by atoms with van der Waals surface area (Å²) in [5, 5.41) is 20.3. The van der Waals surface area contributed by atoms with E-state index in [1.807, 2.05) is 6.92 Å². The Labute approximate surface area is 140 Å². The zero-order valence-corrected chi connectivity index (χ0v) is 14.9. The van der Waals surface area contributed by atoms with Gasteiger partial charge in [0.25, 0.3) is 0 Å². The molecule has 128 valence electrons. The van der Waals surface area contributed by atoms with Gasteiger partial charge in [0, 0.05) is 0 Å². The smallest absolute Gasteiger partial charge is 0.0727 e. The van der Waals surface area contributed by atoms with E-state index in [1.165, 1.54) is 24.8 Å². The first-order valence-corrected chi connectivity index (χ1v) is 9.62. The average molecular weight is 316 g/mol. The highest BCUT2D eigenvalue weighted by Crippen LogP contribution is 2.65. The molecule has 0 aromatic heterocycles. The molecule has 2 nitrogen and oxygen atoms in total. The fourth-order valence-corrected chi connectivity index (χ4v) is 6.89. The van der Waals surface area contributed by atoms with Gasteiger partial charge < -0.3 is 10.2 Å². The van der Waals surface area contributed by atoms with Crippen molar-refractivity contribution in [3.63, 3.8) is 0 Å². The van der Waals surface area contributed by atoms with Gasteiger partial charge in [-0.15, -0.1) is 0 Å². The Bertz CT molecular complexity index is 560. The monoisotopic (exact) mass is 316 g/mol. The van der Waals surface area contributed by atoms with Crippen molar-refractivity contribution in [1.29, 1.82) is 0 Å². The minimum atomic E-state index is -0.295. The first-order chi connectivity index (χ1) is 10.9. The second-order valence-electron chi connectivity index (χ2n) is 9.18. The molecule has 2 saturated carbocycles. The summed E-state index contributed by atoms with van der Waals surface area (Å²) in [5.74, 6) is 2.23. The summed E-state index contributed by atoms with van der Waals surface area (Å²) in [6.07, 6.45) is 12.3. The summed E-state index contributed by atoms with van der Waals surface area (Å²) in [5.41, 5.74) is 3.38. The van der Waals surface area contributed by atoms with E-state index in [2.05, 4.69) is 26.0 Å². The Balaban J connectivity index is 1.66. The van der Waals surface area contributed by atoms with Gasteiger partial charge in [-0.3, -0.25) is 0 Å². The van der Waals surface area contributed by atoms with E-state index in [1.54, 1.807) is 5.57 Å². The number of rotatable bonds is 1. The van der Waals surface area contributed by atoms with E-state index in [-0.39, 0.29) is 17.6 Å². The lowest BCUT2D eigenvalue weighted by Crippen LogP contribution is -2.50. The number of aliphatic hydroxyl groups is 2. The normalized spacial score (nSPS) is 50.3. The molecule has 4 aliphatic carbocycles. The molecule has 0 aromatic carbocycles. The van der Waals surface area contributed by atoms with Crippen LogP contribution in [-0.4, -0.2) is 22.4 Å². The summed E-state index contributed by atoms with van der Waals surface area (Å²) in [6, 6.07) is 0. The molecule has 0 aromatic rings. The number of hydrogen-bond donors (Lipinski definition) is 2. The largest absolute Gasteiger partial charge is 0.393 e.